The molecule has 1 rings (SSSR count). The molecule has 0 saturated carbocycles. The van der Waals surface area contributed by atoms with Crippen molar-refractivity contribution in [3.05, 3.63) is 28.2 Å². The molecule has 0 unspecified atom stereocenters. The minimum absolute atomic E-state index is 0.0245. The Morgan fingerprint density at radius 2 is 1.78 bits per heavy atom. The molecule has 18 heavy (non-hydrogen) atoms. The van der Waals surface area contributed by atoms with Crippen LogP contribution in [0, 0.1) is 0 Å². The molecule has 100 valence electrons. The van der Waals surface area contributed by atoms with Gasteiger partial charge in [-0.25, -0.2) is 0 Å². The maximum Gasteiger partial charge on any atom is 0.233 e. The zero-order valence-corrected chi connectivity index (χ0v) is 13.2. The van der Waals surface area contributed by atoms with Crippen LogP contribution in [0.1, 0.15) is 27.7 Å². The molecule has 1 aromatic rings. The van der Waals surface area contributed by atoms with Crippen molar-refractivity contribution in [2.24, 2.45) is 0 Å². The number of nitrogens with one attached hydrogen (secondary N) is 1. The van der Waals surface area contributed by atoms with Crippen LogP contribution >= 0.6 is 35.0 Å². The van der Waals surface area contributed by atoms with E-state index < -0.39 is 0 Å². The molecule has 0 aromatic heterocycles. The van der Waals surface area contributed by atoms with Crippen LogP contribution in [0.25, 0.3) is 0 Å². The first-order valence-corrected chi connectivity index (χ1v) is 7.27. The van der Waals surface area contributed by atoms with E-state index in [0.717, 1.165) is 4.90 Å². The van der Waals surface area contributed by atoms with E-state index in [1.54, 1.807) is 18.2 Å². The van der Waals surface area contributed by atoms with E-state index in [4.69, 9.17) is 23.2 Å². The van der Waals surface area contributed by atoms with Gasteiger partial charge in [-0.15, -0.1) is 11.8 Å². The van der Waals surface area contributed by atoms with Gasteiger partial charge in [-0.1, -0.05) is 29.3 Å². The Morgan fingerprint density at radius 3 is 2.22 bits per heavy atom. The van der Waals surface area contributed by atoms with Gasteiger partial charge in [0, 0.05) is 10.4 Å². The molecule has 0 saturated heterocycles. The second-order valence-corrected chi connectivity index (χ2v) is 7.22. The third-order valence-electron chi connectivity index (χ3n) is 2.08. The lowest BCUT2D eigenvalue weighted by Gasteiger charge is -2.23. The van der Waals surface area contributed by atoms with E-state index in [9.17, 15) is 4.79 Å². The van der Waals surface area contributed by atoms with Crippen molar-refractivity contribution in [1.29, 1.82) is 0 Å². The molecular formula is C13H17Cl2NOS. The Kier molecular flexibility index (Phi) is 5.38. The number of thioether (sulfide) groups is 1. The van der Waals surface area contributed by atoms with Crippen molar-refractivity contribution in [2.75, 3.05) is 0 Å². The molecule has 0 aliphatic carbocycles. The summed E-state index contributed by atoms with van der Waals surface area (Å²) < 4.78 is 0. The molecule has 5 heteroatoms. The summed E-state index contributed by atoms with van der Waals surface area (Å²) in [6, 6.07) is 5.32. The van der Waals surface area contributed by atoms with Crippen molar-refractivity contribution in [1.82, 2.24) is 5.32 Å². The standard InChI is InChI=1S/C13H17Cl2NOS/c1-8(12(17)16-13(2,3)4)18-11-9(14)6-5-7-10(11)15/h5-8H,1-4H3,(H,16,17)/t8-/m1/s1. The Labute approximate surface area is 122 Å². The summed E-state index contributed by atoms with van der Waals surface area (Å²) >= 11 is 13.5. The lowest BCUT2D eigenvalue weighted by Crippen LogP contribution is -2.44. The first-order chi connectivity index (χ1) is 8.20. The monoisotopic (exact) mass is 305 g/mol. The average molecular weight is 306 g/mol. The highest BCUT2D eigenvalue weighted by Crippen LogP contribution is 2.36. The second-order valence-electron chi connectivity index (χ2n) is 5.05. The third kappa shape index (κ3) is 4.71. The van der Waals surface area contributed by atoms with Crippen LogP contribution in [0.4, 0.5) is 0 Å². The van der Waals surface area contributed by atoms with Crippen LogP contribution in [0.5, 0.6) is 0 Å². The van der Waals surface area contributed by atoms with Crippen LogP contribution < -0.4 is 5.32 Å². The minimum atomic E-state index is -0.248. The average Bonchev–Trinajstić information content (AvgIpc) is 2.21. The van der Waals surface area contributed by atoms with E-state index in [-0.39, 0.29) is 16.7 Å². The van der Waals surface area contributed by atoms with Crippen LogP contribution in [0.2, 0.25) is 10.0 Å². The number of benzene rings is 1. The predicted molar refractivity (Wildman–Crippen MR) is 79.7 cm³/mol. The van der Waals surface area contributed by atoms with Gasteiger partial charge in [-0.3, -0.25) is 4.79 Å². The van der Waals surface area contributed by atoms with Crippen molar-refractivity contribution in [3.63, 3.8) is 0 Å². The van der Waals surface area contributed by atoms with Gasteiger partial charge in [-0.05, 0) is 39.8 Å². The summed E-state index contributed by atoms with van der Waals surface area (Å²) in [6.07, 6.45) is 0. The fraction of sp³-hybridized carbons (Fsp3) is 0.462. The van der Waals surface area contributed by atoms with Crippen LogP contribution in [0.15, 0.2) is 23.1 Å². The molecule has 0 aliphatic heterocycles. The SMILES string of the molecule is C[C@@H](Sc1c(Cl)cccc1Cl)C(=O)NC(C)(C)C. The highest BCUT2D eigenvalue weighted by molar-refractivity contribution is 8.00. The fourth-order valence-electron chi connectivity index (χ4n) is 1.30. The van der Waals surface area contributed by atoms with Crippen molar-refractivity contribution in [3.8, 4) is 0 Å². The summed E-state index contributed by atoms with van der Waals surface area (Å²) in [5.41, 5.74) is -0.240. The Hall–Kier alpha value is -0.380. The lowest BCUT2D eigenvalue weighted by atomic mass is 10.1. The number of carbonyl (C=O) groups excluding carboxylic acids is 1. The molecule has 0 bridgehead atoms. The normalized spacial score (nSPS) is 13.2. The zero-order chi connectivity index (χ0) is 13.9. The topological polar surface area (TPSA) is 29.1 Å². The number of hydrogen-bond donors (Lipinski definition) is 1. The largest absolute Gasteiger partial charge is 0.351 e. The fourth-order valence-corrected chi connectivity index (χ4v) is 2.84. The first-order valence-electron chi connectivity index (χ1n) is 5.63. The number of halogens is 2. The Balaban J connectivity index is 2.76. The van der Waals surface area contributed by atoms with Crippen LogP contribution in [0.3, 0.4) is 0 Å². The van der Waals surface area contributed by atoms with E-state index in [1.165, 1.54) is 11.8 Å². The van der Waals surface area contributed by atoms with Gasteiger partial charge < -0.3 is 5.32 Å². The summed E-state index contributed by atoms with van der Waals surface area (Å²) in [5.74, 6) is -0.0245. The number of hydrogen-bond acceptors (Lipinski definition) is 2. The number of carbonyl (C=O) groups is 1. The highest BCUT2D eigenvalue weighted by Gasteiger charge is 2.21. The second kappa shape index (κ2) is 6.18. The molecule has 1 N–H and O–H groups in total. The Morgan fingerprint density at radius 1 is 1.28 bits per heavy atom. The number of amides is 1. The maximum absolute atomic E-state index is 12.0. The summed E-state index contributed by atoms with van der Waals surface area (Å²) in [6.45, 7) is 7.69. The maximum atomic E-state index is 12.0. The summed E-state index contributed by atoms with van der Waals surface area (Å²) in [5, 5.41) is 3.83. The molecule has 0 spiro atoms. The van der Waals surface area contributed by atoms with Crippen LogP contribution in [-0.2, 0) is 4.79 Å². The van der Waals surface area contributed by atoms with Gasteiger partial charge in [0.25, 0.3) is 0 Å². The van der Waals surface area contributed by atoms with Gasteiger partial charge in [-0.2, -0.15) is 0 Å². The molecule has 1 atom stereocenters. The highest BCUT2D eigenvalue weighted by atomic mass is 35.5. The molecule has 0 heterocycles. The van der Waals surface area contributed by atoms with Crippen molar-refractivity contribution < 1.29 is 4.79 Å². The zero-order valence-electron chi connectivity index (χ0n) is 10.9. The molecule has 1 amide bonds. The summed E-state index contributed by atoms with van der Waals surface area (Å²) in [4.78, 5) is 12.7. The molecule has 0 radical (unpaired) electrons. The van der Waals surface area contributed by atoms with Gasteiger partial charge >= 0.3 is 0 Å². The first kappa shape index (κ1) is 15.7. The van der Waals surface area contributed by atoms with E-state index in [2.05, 4.69) is 5.32 Å². The van der Waals surface area contributed by atoms with Gasteiger partial charge in [0.15, 0.2) is 0 Å². The van der Waals surface area contributed by atoms with Crippen molar-refractivity contribution in [2.45, 2.75) is 43.4 Å². The van der Waals surface area contributed by atoms with E-state index >= 15 is 0 Å². The molecule has 2 nitrogen and oxygen atoms in total. The van der Waals surface area contributed by atoms with Crippen molar-refractivity contribution >= 4 is 40.9 Å². The van der Waals surface area contributed by atoms with Crippen LogP contribution in [-0.4, -0.2) is 16.7 Å². The summed E-state index contributed by atoms with van der Waals surface area (Å²) in [7, 11) is 0. The minimum Gasteiger partial charge on any atom is -0.351 e. The quantitative estimate of drug-likeness (QED) is 0.839. The van der Waals surface area contributed by atoms with E-state index in [0.29, 0.717) is 10.0 Å². The van der Waals surface area contributed by atoms with Gasteiger partial charge in [0.2, 0.25) is 5.91 Å². The smallest absolute Gasteiger partial charge is 0.233 e. The number of rotatable bonds is 3. The lowest BCUT2D eigenvalue weighted by molar-refractivity contribution is -0.121. The molecular weight excluding hydrogens is 289 g/mol. The van der Waals surface area contributed by atoms with Gasteiger partial charge in [0.05, 0.1) is 15.3 Å². The van der Waals surface area contributed by atoms with Gasteiger partial charge in [0.1, 0.15) is 0 Å². The van der Waals surface area contributed by atoms with E-state index in [1.807, 2.05) is 27.7 Å². The molecule has 0 aliphatic rings. The molecule has 0 fully saturated rings. The molecule has 1 aromatic carbocycles. The predicted octanol–water partition coefficient (Wildman–Crippen LogP) is 4.39. The third-order valence-corrected chi connectivity index (χ3v) is 4.18. The Bertz CT molecular complexity index is 423.